The second-order valence-corrected chi connectivity index (χ2v) is 6.16. The molecule has 0 saturated heterocycles. The highest BCUT2D eigenvalue weighted by Crippen LogP contribution is 2.40. The number of hydrogen-bond donors (Lipinski definition) is 1. The number of nitrogens with one attached hydrogen (secondary N) is 1. The number of halogens is 1. The Bertz CT molecular complexity index is 896. The van der Waals surface area contributed by atoms with Gasteiger partial charge in [0.25, 0.3) is 5.91 Å². The number of carbonyl (C=O) groups excluding carboxylic acids is 1. The molecular weight excluding hydrogens is 337 g/mol. The summed E-state index contributed by atoms with van der Waals surface area (Å²) in [7, 11) is 3.06. The summed E-state index contributed by atoms with van der Waals surface area (Å²) >= 11 is 0. The van der Waals surface area contributed by atoms with E-state index in [1.165, 1.54) is 19.2 Å². The van der Waals surface area contributed by atoms with Gasteiger partial charge in [0.2, 0.25) is 0 Å². The quantitative estimate of drug-likeness (QED) is 0.860. The van der Waals surface area contributed by atoms with Gasteiger partial charge in [0.05, 0.1) is 24.1 Å². The number of hydrogen-bond acceptors (Lipinski definition) is 5. The summed E-state index contributed by atoms with van der Waals surface area (Å²) in [5, 5.41) is 6.99. The average molecular weight is 355 g/mol. The number of amides is 1. The van der Waals surface area contributed by atoms with Crippen molar-refractivity contribution in [1.29, 1.82) is 0 Å². The standard InChI is InChI=1S/C19H18FN3O3/c1-25-13-5-3-11(4-6-13)18-21-19(24)15-10-12(20)9-14-16(22-26-2)7-8-23(18)17(14)15/h3-6,9-10,18H,7-8H2,1-2H3,(H,21,24)/b22-16+. The van der Waals surface area contributed by atoms with Crippen LogP contribution in [-0.4, -0.2) is 32.4 Å². The highest BCUT2D eigenvalue weighted by molar-refractivity contribution is 6.13. The van der Waals surface area contributed by atoms with Crippen LogP contribution in [0.5, 0.6) is 5.75 Å². The fourth-order valence-electron chi connectivity index (χ4n) is 3.57. The number of ether oxygens (including phenoxy) is 1. The van der Waals surface area contributed by atoms with Crippen LogP contribution in [0.1, 0.15) is 34.1 Å². The molecule has 134 valence electrons. The van der Waals surface area contributed by atoms with Gasteiger partial charge in [-0.1, -0.05) is 17.3 Å². The number of carbonyl (C=O) groups is 1. The lowest BCUT2D eigenvalue weighted by Crippen LogP contribution is -2.49. The van der Waals surface area contributed by atoms with Crippen molar-refractivity contribution in [2.45, 2.75) is 12.6 Å². The van der Waals surface area contributed by atoms with Crippen LogP contribution in [-0.2, 0) is 4.84 Å². The van der Waals surface area contributed by atoms with E-state index in [4.69, 9.17) is 9.57 Å². The van der Waals surface area contributed by atoms with Crippen LogP contribution in [0.15, 0.2) is 41.6 Å². The molecule has 2 aliphatic heterocycles. The number of anilines is 1. The van der Waals surface area contributed by atoms with Crippen molar-refractivity contribution >= 4 is 17.3 Å². The zero-order valence-electron chi connectivity index (χ0n) is 14.5. The highest BCUT2D eigenvalue weighted by atomic mass is 19.1. The third kappa shape index (κ3) is 2.56. The van der Waals surface area contributed by atoms with Crippen molar-refractivity contribution in [3.05, 3.63) is 58.9 Å². The summed E-state index contributed by atoms with van der Waals surface area (Å²) in [6.45, 7) is 0.630. The van der Waals surface area contributed by atoms with Gasteiger partial charge in [0.15, 0.2) is 0 Å². The number of benzene rings is 2. The first kappa shape index (κ1) is 16.4. The van der Waals surface area contributed by atoms with E-state index < -0.39 is 5.82 Å². The number of nitrogens with zero attached hydrogens (tertiary/aromatic N) is 2. The third-order valence-electron chi connectivity index (χ3n) is 4.72. The lowest BCUT2D eigenvalue weighted by molar-refractivity contribution is 0.0925. The predicted octanol–water partition coefficient (Wildman–Crippen LogP) is 2.84. The number of oxime groups is 1. The minimum atomic E-state index is -0.470. The Kier molecular flexibility index (Phi) is 3.99. The van der Waals surface area contributed by atoms with Crippen LogP contribution in [0.25, 0.3) is 0 Å². The molecule has 1 N–H and O–H groups in total. The van der Waals surface area contributed by atoms with Crippen LogP contribution in [0.2, 0.25) is 0 Å². The first-order valence-corrected chi connectivity index (χ1v) is 8.27. The van der Waals surface area contributed by atoms with Crippen LogP contribution < -0.4 is 15.0 Å². The maximum atomic E-state index is 14.1. The second-order valence-electron chi connectivity index (χ2n) is 6.16. The predicted molar refractivity (Wildman–Crippen MR) is 95.1 cm³/mol. The molecule has 0 aliphatic carbocycles. The van der Waals surface area contributed by atoms with Gasteiger partial charge >= 0.3 is 0 Å². The van der Waals surface area contributed by atoms with Crippen LogP contribution in [0, 0.1) is 5.82 Å². The Morgan fingerprint density at radius 1 is 1.19 bits per heavy atom. The Morgan fingerprint density at radius 2 is 1.92 bits per heavy atom. The van der Waals surface area contributed by atoms with E-state index in [2.05, 4.69) is 15.4 Å². The molecule has 0 bridgehead atoms. The molecule has 6 nitrogen and oxygen atoms in total. The summed E-state index contributed by atoms with van der Waals surface area (Å²) in [4.78, 5) is 19.6. The van der Waals surface area contributed by atoms with Crippen LogP contribution in [0.4, 0.5) is 10.1 Å². The van der Waals surface area contributed by atoms with Gasteiger partial charge in [-0.15, -0.1) is 0 Å². The summed E-state index contributed by atoms with van der Waals surface area (Å²) in [5.41, 5.74) is 3.17. The molecule has 1 atom stereocenters. The summed E-state index contributed by atoms with van der Waals surface area (Å²) < 4.78 is 19.3. The molecule has 2 aliphatic rings. The van der Waals surface area contributed by atoms with E-state index in [1.54, 1.807) is 7.11 Å². The molecule has 1 unspecified atom stereocenters. The Labute approximate surface area is 150 Å². The van der Waals surface area contributed by atoms with E-state index in [0.29, 0.717) is 35.5 Å². The molecule has 0 radical (unpaired) electrons. The van der Waals surface area contributed by atoms with Gasteiger partial charge in [0, 0.05) is 18.5 Å². The summed E-state index contributed by atoms with van der Waals surface area (Å²) in [5.74, 6) is -0.0360. The van der Waals surface area contributed by atoms with Gasteiger partial charge in [-0.2, -0.15) is 0 Å². The molecule has 0 fully saturated rings. The fourth-order valence-corrected chi connectivity index (χ4v) is 3.57. The second kappa shape index (κ2) is 6.33. The van der Waals surface area contributed by atoms with Crippen molar-refractivity contribution in [1.82, 2.24) is 5.32 Å². The molecular formula is C19H18FN3O3. The maximum absolute atomic E-state index is 14.1. The van der Waals surface area contributed by atoms with Gasteiger partial charge in [-0.25, -0.2) is 4.39 Å². The molecule has 2 heterocycles. The summed E-state index contributed by atoms with van der Waals surface area (Å²) in [6.07, 6.45) is 0.251. The average Bonchev–Trinajstić information content (AvgIpc) is 2.66. The van der Waals surface area contributed by atoms with Crippen molar-refractivity contribution in [3.63, 3.8) is 0 Å². The molecule has 0 saturated carbocycles. The third-order valence-corrected chi connectivity index (χ3v) is 4.72. The zero-order chi connectivity index (χ0) is 18.3. The molecule has 26 heavy (non-hydrogen) atoms. The fraction of sp³-hybridized carbons (Fsp3) is 0.263. The van der Waals surface area contributed by atoms with Crippen molar-refractivity contribution < 1.29 is 18.8 Å². The van der Waals surface area contributed by atoms with E-state index >= 15 is 0 Å². The Balaban J connectivity index is 1.84. The van der Waals surface area contributed by atoms with Crippen LogP contribution in [0.3, 0.4) is 0 Å². The zero-order valence-corrected chi connectivity index (χ0v) is 14.5. The van der Waals surface area contributed by atoms with Gasteiger partial charge in [-0.05, 0) is 29.8 Å². The minimum Gasteiger partial charge on any atom is -0.497 e. The Hall–Kier alpha value is -3.09. The van der Waals surface area contributed by atoms with E-state index in [9.17, 15) is 9.18 Å². The van der Waals surface area contributed by atoms with E-state index in [1.807, 2.05) is 24.3 Å². The molecule has 4 rings (SSSR count). The molecule has 2 aromatic carbocycles. The van der Waals surface area contributed by atoms with Gasteiger partial charge in [-0.3, -0.25) is 4.79 Å². The largest absolute Gasteiger partial charge is 0.497 e. The molecule has 0 spiro atoms. The maximum Gasteiger partial charge on any atom is 0.255 e. The minimum absolute atomic E-state index is 0.309. The van der Waals surface area contributed by atoms with Crippen molar-refractivity contribution in [2.75, 3.05) is 25.7 Å². The van der Waals surface area contributed by atoms with Gasteiger partial charge in [0.1, 0.15) is 24.8 Å². The topological polar surface area (TPSA) is 63.2 Å². The molecule has 1 amide bonds. The Morgan fingerprint density at radius 3 is 2.62 bits per heavy atom. The number of rotatable bonds is 3. The van der Waals surface area contributed by atoms with Crippen molar-refractivity contribution in [3.8, 4) is 5.75 Å². The highest BCUT2D eigenvalue weighted by Gasteiger charge is 2.37. The van der Waals surface area contributed by atoms with Crippen LogP contribution >= 0.6 is 0 Å². The summed E-state index contributed by atoms with van der Waals surface area (Å²) in [6, 6.07) is 10.2. The smallest absolute Gasteiger partial charge is 0.255 e. The first-order chi connectivity index (χ1) is 12.6. The van der Waals surface area contributed by atoms with E-state index in [0.717, 1.165) is 11.3 Å². The normalized spacial score (nSPS) is 19.8. The lowest BCUT2D eigenvalue weighted by Gasteiger charge is -2.43. The van der Waals surface area contributed by atoms with Gasteiger partial charge < -0.3 is 19.8 Å². The monoisotopic (exact) mass is 355 g/mol. The lowest BCUT2D eigenvalue weighted by atomic mass is 9.92. The number of methoxy groups -OCH3 is 1. The molecule has 2 aromatic rings. The SMILES string of the molecule is CO/N=C1\CCN2c3c(cc(F)cc31)C(=O)NC2c1ccc(OC)cc1. The molecule has 7 heteroatoms. The van der Waals surface area contributed by atoms with E-state index in [-0.39, 0.29) is 12.1 Å². The molecule has 0 aromatic heterocycles. The first-order valence-electron chi connectivity index (χ1n) is 8.27. The van der Waals surface area contributed by atoms with Crippen molar-refractivity contribution in [2.24, 2.45) is 5.16 Å².